The molecule has 0 aliphatic carbocycles. The largest absolute Gasteiger partial charge is 0.481 e. The van der Waals surface area contributed by atoms with Gasteiger partial charge in [0.05, 0.1) is 0 Å². The SMILES string of the molecule is CCCC(=O)O.CCCCCCC.OCC(F)(F)F. The van der Waals surface area contributed by atoms with Gasteiger partial charge in [-0.3, -0.25) is 4.79 Å². The molecule has 0 rings (SSSR count). The Morgan fingerprint density at radius 1 is 0.947 bits per heavy atom. The third kappa shape index (κ3) is 46.9. The molecular weight excluding hydrogens is 261 g/mol. The molecule has 0 aromatic rings. The third-order valence-corrected chi connectivity index (χ3v) is 1.85. The zero-order valence-corrected chi connectivity index (χ0v) is 12.1. The highest BCUT2D eigenvalue weighted by Crippen LogP contribution is 2.11. The first kappa shape index (κ1) is 23.3. The molecule has 6 heteroatoms. The molecule has 0 atom stereocenters. The summed E-state index contributed by atoms with van der Waals surface area (Å²) in [5, 5.41) is 15.2. The van der Waals surface area contributed by atoms with E-state index in [0.717, 1.165) is 6.42 Å². The number of hydrogen-bond acceptors (Lipinski definition) is 2. The number of rotatable bonds is 6. The van der Waals surface area contributed by atoms with Gasteiger partial charge in [0.2, 0.25) is 0 Å². The summed E-state index contributed by atoms with van der Waals surface area (Å²) in [6, 6.07) is 0. The highest BCUT2D eigenvalue weighted by Gasteiger charge is 2.24. The van der Waals surface area contributed by atoms with Crippen molar-refractivity contribution in [1.29, 1.82) is 0 Å². The van der Waals surface area contributed by atoms with Crippen molar-refractivity contribution in [3.05, 3.63) is 0 Å². The Bertz CT molecular complexity index is 178. The number of alkyl halides is 3. The lowest BCUT2D eigenvalue weighted by Crippen LogP contribution is -2.12. The number of aliphatic hydroxyl groups excluding tert-OH is 1. The van der Waals surface area contributed by atoms with Crippen molar-refractivity contribution in [2.45, 2.75) is 71.9 Å². The van der Waals surface area contributed by atoms with Crippen LogP contribution >= 0.6 is 0 Å². The van der Waals surface area contributed by atoms with E-state index in [-0.39, 0.29) is 0 Å². The molecular formula is C13H27F3O3. The van der Waals surface area contributed by atoms with Crippen molar-refractivity contribution >= 4 is 5.97 Å². The van der Waals surface area contributed by atoms with E-state index in [1.807, 2.05) is 6.92 Å². The maximum absolute atomic E-state index is 10.5. The first-order chi connectivity index (χ1) is 8.74. The lowest BCUT2D eigenvalue weighted by molar-refractivity contribution is -0.159. The summed E-state index contributed by atoms with van der Waals surface area (Å²) in [5.41, 5.74) is 0. The van der Waals surface area contributed by atoms with Crippen LogP contribution in [0.25, 0.3) is 0 Å². The van der Waals surface area contributed by atoms with Crippen LogP contribution in [0.3, 0.4) is 0 Å². The molecule has 0 aromatic heterocycles. The number of carboxylic acid groups (broad SMARTS) is 1. The molecule has 0 radical (unpaired) electrons. The smallest absolute Gasteiger partial charge is 0.411 e. The summed E-state index contributed by atoms with van der Waals surface area (Å²) in [7, 11) is 0. The quantitative estimate of drug-likeness (QED) is 0.713. The summed E-state index contributed by atoms with van der Waals surface area (Å²) in [6.45, 7) is 4.60. The minimum absolute atomic E-state index is 0.292. The van der Waals surface area contributed by atoms with Gasteiger partial charge in [-0.25, -0.2) is 0 Å². The monoisotopic (exact) mass is 288 g/mol. The van der Waals surface area contributed by atoms with E-state index >= 15 is 0 Å². The molecule has 0 saturated carbocycles. The predicted octanol–water partition coefficient (Wildman–Crippen LogP) is 4.39. The van der Waals surface area contributed by atoms with E-state index in [9.17, 15) is 18.0 Å². The molecule has 118 valence electrons. The average molecular weight is 288 g/mol. The molecule has 0 spiro atoms. The van der Waals surface area contributed by atoms with Crippen LogP contribution in [0.1, 0.15) is 65.7 Å². The van der Waals surface area contributed by atoms with Gasteiger partial charge in [-0.2, -0.15) is 13.2 Å². The van der Waals surface area contributed by atoms with Gasteiger partial charge in [-0.1, -0.05) is 52.9 Å². The number of carbonyl (C=O) groups is 1. The summed E-state index contributed by atoms with van der Waals surface area (Å²) in [5.74, 6) is -0.711. The minimum atomic E-state index is -4.40. The molecule has 0 aliphatic heterocycles. The fraction of sp³-hybridized carbons (Fsp3) is 0.923. The molecule has 0 fully saturated rings. The van der Waals surface area contributed by atoms with Crippen molar-refractivity contribution in [2.24, 2.45) is 0 Å². The summed E-state index contributed by atoms with van der Waals surface area (Å²) >= 11 is 0. The Hall–Kier alpha value is -0.780. The fourth-order valence-corrected chi connectivity index (χ4v) is 0.891. The second kappa shape index (κ2) is 17.2. The summed E-state index contributed by atoms with van der Waals surface area (Å²) in [4.78, 5) is 9.60. The Morgan fingerprint density at radius 3 is 1.42 bits per heavy atom. The van der Waals surface area contributed by atoms with Gasteiger partial charge in [0.1, 0.15) is 6.61 Å². The predicted molar refractivity (Wildman–Crippen MR) is 70.1 cm³/mol. The van der Waals surface area contributed by atoms with Gasteiger partial charge in [-0.05, 0) is 6.42 Å². The lowest BCUT2D eigenvalue weighted by atomic mass is 10.2. The maximum Gasteiger partial charge on any atom is 0.411 e. The number of aliphatic hydroxyl groups is 1. The average Bonchev–Trinajstić information content (AvgIpc) is 2.30. The Morgan fingerprint density at radius 2 is 1.32 bits per heavy atom. The fourth-order valence-electron chi connectivity index (χ4n) is 0.891. The lowest BCUT2D eigenvalue weighted by Gasteiger charge is -1.95. The molecule has 2 N–H and O–H groups in total. The van der Waals surface area contributed by atoms with Gasteiger partial charge in [0.25, 0.3) is 0 Å². The van der Waals surface area contributed by atoms with Gasteiger partial charge in [0, 0.05) is 6.42 Å². The van der Waals surface area contributed by atoms with Gasteiger partial charge in [0.15, 0.2) is 0 Å². The molecule has 0 heterocycles. The normalized spacial score (nSPS) is 9.84. The van der Waals surface area contributed by atoms with Gasteiger partial charge < -0.3 is 10.2 Å². The van der Waals surface area contributed by atoms with Crippen LogP contribution in [-0.4, -0.2) is 29.0 Å². The minimum Gasteiger partial charge on any atom is -0.481 e. The number of halogens is 3. The zero-order valence-electron chi connectivity index (χ0n) is 12.1. The molecule has 0 aromatic carbocycles. The molecule has 0 bridgehead atoms. The number of carboxylic acids is 1. The van der Waals surface area contributed by atoms with Crippen LogP contribution in [0.15, 0.2) is 0 Å². The molecule has 3 nitrogen and oxygen atoms in total. The molecule has 0 amide bonds. The first-order valence-electron chi connectivity index (χ1n) is 6.64. The van der Waals surface area contributed by atoms with Gasteiger partial charge >= 0.3 is 12.1 Å². The van der Waals surface area contributed by atoms with Crippen LogP contribution < -0.4 is 0 Å². The molecule has 19 heavy (non-hydrogen) atoms. The third-order valence-electron chi connectivity index (χ3n) is 1.85. The van der Waals surface area contributed by atoms with Crippen LogP contribution in [0.5, 0.6) is 0 Å². The molecule has 0 saturated heterocycles. The van der Waals surface area contributed by atoms with Crippen molar-refractivity contribution in [3.63, 3.8) is 0 Å². The van der Waals surface area contributed by atoms with E-state index in [4.69, 9.17) is 10.2 Å². The number of unbranched alkanes of at least 4 members (excludes halogenated alkanes) is 4. The van der Waals surface area contributed by atoms with Crippen molar-refractivity contribution in [2.75, 3.05) is 6.61 Å². The van der Waals surface area contributed by atoms with E-state index in [1.54, 1.807) is 0 Å². The Balaban J connectivity index is -0.000000203. The number of hydrogen-bond donors (Lipinski definition) is 2. The van der Waals surface area contributed by atoms with Gasteiger partial charge in [-0.15, -0.1) is 0 Å². The van der Waals surface area contributed by atoms with Crippen LogP contribution in [-0.2, 0) is 4.79 Å². The highest BCUT2D eigenvalue weighted by molar-refractivity contribution is 5.66. The van der Waals surface area contributed by atoms with Crippen LogP contribution in [0.4, 0.5) is 13.2 Å². The van der Waals surface area contributed by atoms with E-state index in [1.165, 1.54) is 32.1 Å². The summed E-state index contributed by atoms with van der Waals surface area (Å²) < 4.78 is 31.6. The van der Waals surface area contributed by atoms with E-state index < -0.39 is 18.8 Å². The standard InChI is InChI=1S/C7H16.C4H8O2.C2H3F3O/c1-3-5-7-6-4-2;1-2-3-4(5)6;3-2(4,5)1-6/h3-7H2,1-2H3;2-3H2,1H3,(H,5,6);6H,1H2. The maximum atomic E-state index is 10.5. The number of aliphatic carboxylic acids is 1. The van der Waals surface area contributed by atoms with Crippen LogP contribution in [0.2, 0.25) is 0 Å². The molecule has 0 aliphatic rings. The molecule has 0 unspecified atom stereocenters. The Labute approximate surface area is 113 Å². The highest BCUT2D eigenvalue weighted by atomic mass is 19.4. The van der Waals surface area contributed by atoms with Crippen molar-refractivity contribution in [3.8, 4) is 0 Å². The first-order valence-corrected chi connectivity index (χ1v) is 6.64. The van der Waals surface area contributed by atoms with Crippen molar-refractivity contribution < 1.29 is 28.2 Å². The van der Waals surface area contributed by atoms with E-state index in [0.29, 0.717) is 6.42 Å². The van der Waals surface area contributed by atoms with E-state index in [2.05, 4.69) is 13.8 Å². The van der Waals surface area contributed by atoms with Crippen LogP contribution in [0, 0.1) is 0 Å². The summed E-state index contributed by atoms with van der Waals surface area (Å²) in [6.07, 6.45) is 3.63. The Kier molecular flexibility index (Phi) is 21.1. The second-order valence-electron chi connectivity index (χ2n) is 3.98. The zero-order chi connectivity index (χ0) is 15.7. The topological polar surface area (TPSA) is 57.5 Å². The second-order valence-corrected chi connectivity index (χ2v) is 3.98. The van der Waals surface area contributed by atoms with Crippen molar-refractivity contribution in [1.82, 2.24) is 0 Å².